The highest BCUT2D eigenvalue weighted by Gasteiger charge is 2.24. The molecule has 0 bridgehead atoms. The molecule has 0 amide bonds. The van der Waals surface area contributed by atoms with Crippen LogP contribution in [0.2, 0.25) is 0 Å². The second kappa shape index (κ2) is 7.16. The average Bonchev–Trinajstić information content (AvgIpc) is 3.15. The number of nitrogen functional groups attached to an aromatic ring is 1. The number of anilines is 1. The minimum atomic E-state index is -0.470. The minimum absolute atomic E-state index is 0.0815. The van der Waals surface area contributed by atoms with E-state index in [1.54, 1.807) is 49.6 Å². The molecule has 2 N–H and O–H groups in total. The van der Waals surface area contributed by atoms with Crippen LogP contribution in [0.25, 0.3) is 33.1 Å². The van der Waals surface area contributed by atoms with E-state index in [0.717, 1.165) is 0 Å². The number of nitrogens with two attached hydrogens (primary N) is 1. The largest absolute Gasteiger partial charge is 0.497 e. The van der Waals surface area contributed by atoms with E-state index in [9.17, 15) is 15.3 Å². The minimum Gasteiger partial charge on any atom is -0.497 e. The van der Waals surface area contributed by atoms with Crippen LogP contribution in [0.5, 0.6) is 5.75 Å². The summed E-state index contributed by atoms with van der Waals surface area (Å²) in [6, 6.07) is 16.0. The highest BCUT2D eigenvalue weighted by atomic mass is 16.5. The Hall–Kier alpha value is -4.49. The fourth-order valence-electron chi connectivity index (χ4n) is 3.53. The lowest BCUT2D eigenvalue weighted by atomic mass is 9.92. The third-order valence-electron chi connectivity index (χ3n) is 4.98. The van der Waals surface area contributed by atoms with Crippen LogP contribution in [0.3, 0.4) is 0 Å². The Morgan fingerprint density at radius 1 is 1.03 bits per heavy atom. The number of carbonyl (C=O) groups excluding carboxylic acids is 1. The molecule has 7 nitrogen and oxygen atoms in total. The van der Waals surface area contributed by atoms with E-state index in [2.05, 4.69) is 12.1 Å². The first-order valence-corrected chi connectivity index (χ1v) is 8.88. The van der Waals surface area contributed by atoms with Crippen molar-refractivity contribution < 1.29 is 18.7 Å². The Morgan fingerprint density at radius 2 is 1.73 bits per heavy atom. The van der Waals surface area contributed by atoms with Crippen LogP contribution in [0.1, 0.15) is 21.5 Å². The van der Waals surface area contributed by atoms with Gasteiger partial charge in [0.25, 0.3) is 0 Å². The molecule has 0 spiro atoms. The maximum Gasteiger partial charge on any atom is 0.337 e. The normalized spacial score (nSPS) is 10.5. The predicted octanol–water partition coefficient (Wildman–Crippen LogP) is 4.37. The molecular formula is C23H15N3O4. The summed E-state index contributed by atoms with van der Waals surface area (Å²) in [5.41, 5.74) is 8.94. The van der Waals surface area contributed by atoms with Crippen molar-refractivity contribution in [2.24, 2.45) is 0 Å². The second-order valence-corrected chi connectivity index (χ2v) is 6.50. The number of ether oxygens (including phenoxy) is 2. The molecule has 0 aliphatic heterocycles. The van der Waals surface area contributed by atoms with Crippen molar-refractivity contribution in [3.8, 4) is 29.0 Å². The fraction of sp³-hybridized carbons (Fsp3) is 0.0870. The zero-order valence-corrected chi connectivity index (χ0v) is 16.1. The van der Waals surface area contributed by atoms with Gasteiger partial charge in [-0.1, -0.05) is 12.1 Å². The molecule has 0 saturated carbocycles. The van der Waals surface area contributed by atoms with Gasteiger partial charge in [-0.2, -0.15) is 10.5 Å². The molecule has 30 heavy (non-hydrogen) atoms. The number of fused-ring (bicyclic) bond motifs is 3. The summed E-state index contributed by atoms with van der Waals surface area (Å²) in [4.78, 5) is 11.8. The summed E-state index contributed by atoms with van der Waals surface area (Å²) >= 11 is 0. The molecule has 3 aromatic carbocycles. The standard InChI is InChI=1S/C23H15N3O4/c1-28-14-7-8-15-18(9-14)30-22-19(12-3-5-13(6-4-12)23(27)29-2)16(10-24)21(26)17(11-25)20(15)22/h3-9H,26H2,1-2H3. The lowest BCUT2D eigenvalue weighted by molar-refractivity contribution is 0.0600. The molecule has 0 aliphatic carbocycles. The summed E-state index contributed by atoms with van der Waals surface area (Å²) in [5.74, 6) is 0.125. The maximum absolute atomic E-state index is 11.8. The Labute approximate surface area is 171 Å². The topological polar surface area (TPSA) is 122 Å². The van der Waals surface area contributed by atoms with Crippen molar-refractivity contribution in [2.75, 3.05) is 20.0 Å². The number of benzene rings is 3. The van der Waals surface area contributed by atoms with Gasteiger partial charge in [-0.15, -0.1) is 0 Å². The Kier molecular flexibility index (Phi) is 4.50. The third-order valence-corrected chi connectivity index (χ3v) is 4.98. The van der Waals surface area contributed by atoms with Crippen LogP contribution in [0.15, 0.2) is 46.9 Å². The molecule has 4 rings (SSSR count). The smallest absolute Gasteiger partial charge is 0.337 e. The van der Waals surface area contributed by atoms with E-state index in [0.29, 0.717) is 44.4 Å². The molecule has 0 fully saturated rings. The summed E-state index contributed by atoms with van der Waals surface area (Å²) in [5, 5.41) is 20.8. The van der Waals surface area contributed by atoms with E-state index in [4.69, 9.17) is 19.6 Å². The summed E-state index contributed by atoms with van der Waals surface area (Å²) < 4.78 is 16.1. The molecule has 1 aromatic heterocycles. The third kappa shape index (κ3) is 2.69. The monoisotopic (exact) mass is 397 g/mol. The van der Waals surface area contributed by atoms with Gasteiger partial charge in [0.05, 0.1) is 36.6 Å². The van der Waals surface area contributed by atoms with Crippen LogP contribution in [0.4, 0.5) is 5.69 Å². The molecule has 1 heterocycles. The molecule has 4 aromatic rings. The van der Waals surface area contributed by atoms with Crippen molar-refractivity contribution in [2.45, 2.75) is 0 Å². The van der Waals surface area contributed by atoms with Crippen molar-refractivity contribution in [1.82, 2.24) is 0 Å². The van der Waals surface area contributed by atoms with Crippen molar-refractivity contribution in [3.63, 3.8) is 0 Å². The first kappa shape index (κ1) is 18.9. The molecule has 0 unspecified atom stereocenters. The van der Waals surface area contributed by atoms with Gasteiger partial charge in [0.2, 0.25) is 0 Å². The van der Waals surface area contributed by atoms with Crippen LogP contribution in [0, 0.1) is 22.7 Å². The zero-order valence-electron chi connectivity index (χ0n) is 16.1. The predicted molar refractivity (Wildman–Crippen MR) is 111 cm³/mol. The maximum atomic E-state index is 11.8. The highest BCUT2D eigenvalue weighted by Crippen LogP contribution is 2.43. The van der Waals surface area contributed by atoms with Crippen LogP contribution < -0.4 is 10.5 Å². The van der Waals surface area contributed by atoms with E-state index in [1.165, 1.54) is 7.11 Å². The molecule has 0 radical (unpaired) electrons. The quantitative estimate of drug-likeness (QED) is 0.402. The summed E-state index contributed by atoms with van der Waals surface area (Å²) in [7, 11) is 2.85. The van der Waals surface area contributed by atoms with Gasteiger partial charge in [0, 0.05) is 22.4 Å². The fourth-order valence-corrected chi connectivity index (χ4v) is 3.53. The van der Waals surface area contributed by atoms with Gasteiger partial charge in [-0.3, -0.25) is 0 Å². The van der Waals surface area contributed by atoms with Gasteiger partial charge >= 0.3 is 5.97 Å². The first-order chi connectivity index (χ1) is 14.5. The van der Waals surface area contributed by atoms with E-state index >= 15 is 0 Å². The number of hydrogen-bond acceptors (Lipinski definition) is 7. The number of nitriles is 2. The SMILES string of the molecule is COC(=O)c1ccc(-c2c(C#N)c(N)c(C#N)c3c2oc2cc(OC)ccc23)cc1. The van der Waals surface area contributed by atoms with Gasteiger partial charge in [-0.25, -0.2) is 4.79 Å². The average molecular weight is 397 g/mol. The van der Waals surface area contributed by atoms with E-state index in [1.807, 2.05) is 0 Å². The van der Waals surface area contributed by atoms with Crippen LogP contribution in [-0.2, 0) is 4.74 Å². The second-order valence-electron chi connectivity index (χ2n) is 6.50. The number of esters is 1. The highest BCUT2D eigenvalue weighted by molar-refractivity contribution is 6.16. The van der Waals surface area contributed by atoms with E-state index < -0.39 is 5.97 Å². The van der Waals surface area contributed by atoms with Gasteiger partial charge < -0.3 is 19.6 Å². The molecule has 0 saturated heterocycles. The number of furan rings is 1. The molecule has 146 valence electrons. The van der Waals surface area contributed by atoms with Gasteiger partial charge in [0.15, 0.2) is 0 Å². The number of nitrogens with zero attached hydrogens (tertiary/aromatic N) is 2. The zero-order chi connectivity index (χ0) is 21.4. The first-order valence-electron chi connectivity index (χ1n) is 8.88. The van der Waals surface area contributed by atoms with Gasteiger partial charge in [-0.05, 0) is 29.8 Å². The number of hydrogen-bond donors (Lipinski definition) is 1. The lowest BCUT2D eigenvalue weighted by Crippen LogP contribution is -2.01. The number of methoxy groups -OCH3 is 2. The lowest BCUT2D eigenvalue weighted by Gasteiger charge is -2.11. The van der Waals surface area contributed by atoms with Crippen molar-refractivity contribution >= 4 is 33.6 Å². The molecular weight excluding hydrogens is 382 g/mol. The Bertz CT molecular complexity index is 1400. The summed E-state index contributed by atoms with van der Waals surface area (Å²) in [6.07, 6.45) is 0. The Balaban J connectivity index is 2.12. The molecule has 0 aliphatic rings. The van der Waals surface area contributed by atoms with E-state index in [-0.39, 0.29) is 16.8 Å². The number of carbonyl (C=O) groups is 1. The van der Waals surface area contributed by atoms with Crippen LogP contribution in [-0.4, -0.2) is 20.2 Å². The molecule has 7 heteroatoms. The number of rotatable bonds is 3. The molecule has 0 atom stereocenters. The van der Waals surface area contributed by atoms with Crippen molar-refractivity contribution in [1.29, 1.82) is 10.5 Å². The van der Waals surface area contributed by atoms with Crippen molar-refractivity contribution in [3.05, 3.63) is 59.2 Å². The van der Waals surface area contributed by atoms with Crippen LogP contribution >= 0.6 is 0 Å². The van der Waals surface area contributed by atoms with Gasteiger partial charge in [0.1, 0.15) is 29.1 Å². The Morgan fingerprint density at radius 3 is 2.33 bits per heavy atom. The summed E-state index contributed by atoms with van der Waals surface area (Å²) in [6.45, 7) is 0.